The molecule has 1 aromatic rings. The zero-order chi connectivity index (χ0) is 15.8. The van der Waals surface area contributed by atoms with Crippen LogP contribution in [0.25, 0.3) is 0 Å². The van der Waals surface area contributed by atoms with Crippen LogP contribution in [-0.2, 0) is 4.74 Å². The minimum Gasteiger partial charge on any atom is -0.449 e. The van der Waals surface area contributed by atoms with Crippen molar-refractivity contribution in [2.75, 3.05) is 24.2 Å². The molecule has 0 saturated heterocycles. The second kappa shape index (κ2) is 8.43. The molecule has 0 bridgehead atoms. The molecular formula is C15H20N4O2S. The van der Waals surface area contributed by atoms with Gasteiger partial charge in [0, 0.05) is 18.0 Å². The number of carbonyl (C=O) groups excluding carboxylic acids is 1. The third-order valence-electron chi connectivity index (χ3n) is 2.94. The van der Waals surface area contributed by atoms with Crippen LogP contribution in [0.15, 0.2) is 34.4 Å². The highest BCUT2D eigenvalue weighted by Crippen LogP contribution is 2.17. The lowest BCUT2D eigenvalue weighted by molar-refractivity contribution is 0.152. The Balaban J connectivity index is 1.94. The highest BCUT2D eigenvalue weighted by molar-refractivity contribution is 8.14. The number of aliphatic imine (C=N–C) groups is 1. The van der Waals surface area contributed by atoms with Crippen LogP contribution >= 0.6 is 11.8 Å². The molecule has 0 atom stereocenters. The predicted molar refractivity (Wildman–Crippen MR) is 91.8 cm³/mol. The normalized spacial score (nSPS) is 15.0. The molecule has 0 aromatic heterocycles. The van der Waals surface area contributed by atoms with E-state index >= 15 is 0 Å². The van der Waals surface area contributed by atoms with Gasteiger partial charge in [0.25, 0.3) is 0 Å². The van der Waals surface area contributed by atoms with E-state index in [1.807, 2.05) is 31.2 Å². The third-order valence-corrected chi connectivity index (χ3v) is 3.94. The van der Waals surface area contributed by atoms with Crippen LogP contribution < -0.4 is 10.7 Å². The number of hydrogen-bond donors (Lipinski definition) is 2. The van der Waals surface area contributed by atoms with E-state index in [0.717, 1.165) is 35.1 Å². The van der Waals surface area contributed by atoms with E-state index in [-0.39, 0.29) is 0 Å². The van der Waals surface area contributed by atoms with Crippen molar-refractivity contribution in [3.05, 3.63) is 29.8 Å². The van der Waals surface area contributed by atoms with Gasteiger partial charge in [0.1, 0.15) is 0 Å². The molecule has 0 radical (unpaired) electrons. The Bertz CT molecular complexity index is 569. The first kappa shape index (κ1) is 16.4. The van der Waals surface area contributed by atoms with E-state index in [9.17, 15) is 4.79 Å². The van der Waals surface area contributed by atoms with E-state index in [1.165, 1.54) is 0 Å². The molecule has 1 aliphatic rings. The lowest BCUT2D eigenvalue weighted by atomic mass is 10.1. The zero-order valence-corrected chi connectivity index (χ0v) is 13.6. The summed E-state index contributed by atoms with van der Waals surface area (Å²) in [6.07, 6.45) is 0.588. The number of ether oxygens (including phenoxy) is 1. The maximum absolute atomic E-state index is 11.2. The van der Waals surface area contributed by atoms with E-state index in [4.69, 9.17) is 4.74 Å². The van der Waals surface area contributed by atoms with Crippen LogP contribution in [0.5, 0.6) is 0 Å². The van der Waals surface area contributed by atoms with Gasteiger partial charge in [-0.25, -0.2) is 10.2 Å². The summed E-state index contributed by atoms with van der Waals surface area (Å²) in [4.78, 5) is 15.6. The Morgan fingerprint density at radius 2 is 2.18 bits per heavy atom. The molecular weight excluding hydrogens is 300 g/mol. The lowest BCUT2D eigenvalue weighted by Gasteiger charge is -2.13. The van der Waals surface area contributed by atoms with Crippen LogP contribution in [-0.4, -0.2) is 35.9 Å². The van der Waals surface area contributed by atoms with Crippen molar-refractivity contribution in [1.82, 2.24) is 5.43 Å². The maximum atomic E-state index is 11.2. The molecule has 0 aliphatic carbocycles. The third kappa shape index (κ3) is 5.07. The average Bonchev–Trinajstić information content (AvgIpc) is 2.54. The second-order valence-electron chi connectivity index (χ2n) is 4.62. The number of hydrogen-bond acceptors (Lipinski definition) is 6. The number of amides is 1. The van der Waals surface area contributed by atoms with Crippen LogP contribution in [0.1, 0.15) is 25.8 Å². The number of amidine groups is 1. The number of nitrogens with zero attached hydrogens (tertiary/aromatic N) is 2. The first-order valence-electron chi connectivity index (χ1n) is 7.21. The molecule has 0 unspecified atom stereocenters. The molecule has 2 rings (SSSR count). The minimum absolute atomic E-state index is 0.322. The van der Waals surface area contributed by atoms with Crippen molar-refractivity contribution in [3.63, 3.8) is 0 Å². The fourth-order valence-electron chi connectivity index (χ4n) is 1.81. The SMILES string of the molecule is CCOC(=O)N/N=C(/C)c1ccc(NC2=NCCCS2)cc1. The Kier molecular flexibility index (Phi) is 6.27. The van der Waals surface area contributed by atoms with E-state index in [2.05, 4.69) is 20.8 Å². The van der Waals surface area contributed by atoms with Gasteiger partial charge in [0.2, 0.25) is 0 Å². The monoisotopic (exact) mass is 320 g/mol. The Hall–Kier alpha value is -2.02. The highest BCUT2D eigenvalue weighted by atomic mass is 32.2. The number of rotatable bonds is 4. The number of anilines is 1. The number of nitrogens with one attached hydrogen (secondary N) is 2. The standard InChI is InChI=1S/C15H20N4O2S/c1-3-21-15(20)19-18-11(2)12-5-7-13(8-6-12)17-14-16-9-4-10-22-14/h5-8H,3-4,9-10H2,1-2H3,(H,16,17)(H,19,20)/b18-11-. The summed E-state index contributed by atoms with van der Waals surface area (Å²) in [6.45, 7) is 4.79. The first-order chi connectivity index (χ1) is 10.7. The molecule has 118 valence electrons. The van der Waals surface area contributed by atoms with Crippen LogP contribution in [0.4, 0.5) is 10.5 Å². The van der Waals surface area contributed by atoms with Crippen LogP contribution in [0, 0.1) is 0 Å². The summed E-state index contributed by atoms with van der Waals surface area (Å²) < 4.78 is 4.75. The minimum atomic E-state index is -0.549. The number of hydrazone groups is 1. The number of carbonyl (C=O) groups is 1. The first-order valence-corrected chi connectivity index (χ1v) is 8.19. The van der Waals surface area contributed by atoms with Crippen LogP contribution in [0.3, 0.4) is 0 Å². The number of benzene rings is 1. The summed E-state index contributed by atoms with van der Waals surface area (Å²) in [5.74, 6) is 1.11. The van der Waals surface area contributed by atoms with Gasteiger partial charge in [-0.3, -0.25) is 4.99 Å². The summed E-state index contributed by atoms with van der Waals surface area (Å²) in [6, 6.07) is 7.83. The highest BCUT2D eigenvalue weighted by Gasteiger charge is 2.06. The van der Waals surface area contributed by atoms with Gasteiger partial charge in [0.05, 0.1) is 12.3 Å². The smallest absolute Gasteiger partial charge is 0.427 e. The predicted octanol–water partition coefficient (Wildman–Crippen LogP) is 3.06. The van der Waals surface area contributed by atoms with Crippen molar-refractivity contribution >= 4 is 34.4 Å². The molecule has 0 spiro atoms. The van der Waals surface area contributed by atoms with Gasteiger partial charge in [-0.1, -0.05) is 23.9 Å². The quantitative estimate of drug-likeness (QED) is 0.660. The van der Waals surface area contributed by atoms with Gasteiger partial charge >= 0.3 is 6.09 Å². The molecule has 1 aliphatic heterocycles. The largest absolute Gasteiger partial charge is 0.449 e. The lowest BCUT2D eigenvalue weighted by Crippen LogP contribution is -2.20. The molecule has 0 fully saturated rings. The van der Waals surface area contributed by atoms with Gasteiger partial charge < -0.3 is 10.1 Å². The Morgan fingerprint density at radius 1 is 1.41 bits per heavy atom. The summed E-state index contributed by atoms with van der Waals surface area (Å²) in [5, 5.41) is 8.27. The van der Waals surface area contributed by atoms with E-state index in [1.54, 1.807) is 18.7 Å². The molecule has 1 amide bonds. The second-order valence-corrected chi connectivity index (χ2v) is 5.70. The van der Waals surface area contributed by atoms with Crippen molar-refractivity contribution in [1.29, 1.82) is 0 Å². The van der Waals surface area contributed by atoms with Crippen molar-refractivity contribution in [2.45, 2.75) is 20.3 Å². The molecule has 1 aromatic carbocycles. The molecule has 6 nitrogen and oxygen atoms in total. The van der Waals surface area contributed by atoms with Crippen molar-refractivity contribution in [2.24, 2.45) is 10.1 Å². The Morgan fingerprint density at radius 3 is 2.82 bits per heavy atom. The zero-order valence-electron chi connectivity index (χ0n) is 12.8. The van der Waals surface area contributed by atoms with Gasteiger partial charge in [-0.15, -0.1) is 0 Å². The molecule has 22 heavy (non-hydrogen) atoms. The van der Waals surface area contributed by atoms with E-state index in [0.29, 0.717) is 12.3 Å². The van der Waals surface area contributed by atoms with Crippen molar-refractivity contribution < 1.29 is 9.53 Å². The maximum Gasteiger partial charge on any atom is 0.427 e. The van der Waals surface area contributed by atoms with Gasteiger partial charge in [0.15, 0.2) is 5.17 Å². The number of thioether (sulfide) groups is 1. The Labute approximate surface area is 134 Å². The molecule has 2 N–H and O–H groups in total. The fraction of sp³-hybridized carbons (Fsp3) is 0.400. The average molecular weight is 320 g/mol. The molecule has 0 saturated carbocycles. The van der Waals surface area contributed by atoms with Crippen LogP contribution in [0.2, 0.25) is 0 Å². The van der Waals surface area contributed by atoms with Gasteiger partial charge in [-0.2, -0.15) is 5.10 Å². The molecule has 7 heteroatoms. The molecule has 1 heterocycles. The summed E-state index contributed by atoms with van der Waals surface area (Å²) in [7, 11) is 0. The van der Waals surface area contributed by atoms with Gasteiger partial charge in [-0.05, 0) is 38.0 Å². The topological polar surface area (TPSA) is 75.1 Å². The summed E-state index contributed by atoms with van der Waals surface area (Å²) in [5.41, 5.74) is 4.98. The van der Waals surface area contributed by atoms with Crippen molar-refractivity contribution in [3.8, 4) is 0 Å². The van der Waals surface area contributed by atoms with E-state index < -0.39 is 6.09 Å². The summed E-state index contributed by atoms with van der Waals surface area (Å²) >= 11 is 1.74. The fourth-order valence-corrected chi connectivity index (χ4v) is 2.65.